The fraction of sp³-hybridized carbons (Fsp3) is 0.444. The molecule has 0 fully saturated rings. The van der Waals surface area contributed by atoms with Crippen LogP contribution in [0.3, 0.4) is 0 Å². The third-order valence-electron chi connectivity index (χ3n) is 4.19. The van der Waals surface area contributed by atoms with Crippen LogP contribution in [0.2, 0.25) is 0 Å². The molecule has 0 heterocycles. The molecule has 0 atom stereocenters. The Bertz CT molecular complexity index is 608. The lowest BCUT2D eigenvalue weighted by molar-refractivity contribution is -0.119. The van der Waals surface area contributed by atoms with Crippen molar-refractivity contribution in [3.05, 3.63) is 41.0 Å². The summed E-state index contributed by atoms with van der Waals surface area (Å²) < 4.78 is 0. The van der Waals surface area contributed by atoms with Crippen LogP contribution in [0.5, 0.6) is 0 Å². The number of anilines is 1. The summed E-state index contributed by atoms with van der Waals surface area (Å²) in [6, 6.07) is 5.27. The molecule has 4 N–H and O–H groups in total. The van der Waals surface area contributed by atoms with Gasteiger partial charge in [-0.2, -0.15) is 0 Å². The van der Waals surface area contributed by atoms with Gasteiger partial charge < -0.3 is 16.4 Å². The molecule has 124 valence electrons. The van der Waals surface area contributed by atoms with Crippen molar-refractivity contribution in [1.29, 1.82) is 0 Å². The number of allylic oxidation sites excluding steroid dienone is 1. The van der Waals surface area contributed by atoms with E-state index in [0.29, 0.717) is 12.1 Å². The molecule has 0 aromatic heterocycles. The molecular formula is C18H25N3O2. The molecule has 1 aromatic rings. The highest BCUT2D eigenvalue weighted by molar-refractivity contribution is 5.96. The van der Waals surface area contributed by atoms with Gasteiger partial charge >= 0.3 is 0 Å². The Hall–Kier alpha value is -2.30. The van der Waals surface area contributed by atoms with Crippen molar-refractivity contribution in [2.75, 3.05) is 18.4 Å². The van der Waals surface area contributed by atoms with Gasteiger partial charge in [-0.1, -0.05) is 17.7 Å². The van der Waals surface area contributed by atoms with E-state index in [0.717, 1.165) is 24.1 Å². The van der Waals surface area contributed by atoms with Crippen LogP contribution in [0.25, 0.3) is 0 Å². The fourth-order valence-electron chi connectivity index (χ4n) is 2.83. The molecule has 0 saturated heterocycles. The lowest BCUT2D eigenvalue weighted by atomic mass is 9.97. The van der Waals surface area contributed by atoms with Crippen molar-refractivity contribution in [3.63, 3.8) is 0 Å². The zero-order chi connectivity index (χ0) is 16.7. The van der Waals surface area contributed by atoms with Gasteiger partial charge in [0.2, 0.25) is 11.8 Å². The number of rotatable bonds is 7. The fourth-order valence-corrected chi connectivity index (χ4v) is 2.83. The van der Waals surface area contributed by atoms with Crippen LogP contribution in [-0.2, 0) is 4.79 Å². The minimum Gasteiger partial charge on any atom is -0.376 e. The number of nitrogens with two attached hydrogens (primary N) is 1. The van der Waals surface area contributed by atoms with Gasteiger partial charge in [-0.25, -0.2) is 0 Å². The summed E-state index contributed by atoms with van der Waals surface area (Å²) in [6.45, 7) is 2.67. The van der Waals surface area contributed by atoms with Crippen molar-refractivity contribution < 1.29 is 9.59 Å². The Morgan fingerprint density at radius 2 is 2.09 bits per heavy atom. The molecule has 1 aliphatic rings. The highest BCUT2D eigenvalue weighted by Gasteiger charge is 2.09. The Labute approximate surface area is 137 Å². The van der Waals surface area contributed by atoms with Crippen molar-refractivity contribution in [3.8, 4) is 0 Å². The van der Waals surface area contributed by atoms with Gasteiger partial charge in [0.1, 0.15) is 0 Å². The number of nitrogens with one attached hydrogen (secondary N) is 2. The number of carbonyl (C=O) groups excluding carboxylic acids is 2. The van der Waals surface area contributed by atoms with Crippen LogP contribution >= 0.6 is 0 Å². The molecule has 0 saturated carbocycles. The molecule has 5 nitrogen and oxygen atoms in total. The van der Waals surface area contributed by atoms with Crippen LogP contribution < -0.4 is 16.4 Å². The SMILES string of the molecule is Cc1c(NCC(=O)NCCC2=CCCCC2)cccc1C(N)=O. The van der Waals surface area contributed by atoms with E-state index in [1.807, 2.05) is 13.0 Å². The van der Waals surface area contributed by atoms with E-state index < -0.39 is 5.91 Å². The van der Waals surface area contributed by atoms with Crippen LogP contribution in [0.1, 0.15) is 48.0 Å². The van der Waals surface area contributed by atoms with E-state index in [1.54, 1.807) is 12.1 Å². The smallest absolute Gasteiger partial charge is 0.249 e. The predicted octanol–water partition coefficient (Wildman–Crippen LogP) is 2.51. The van der Waals surface area contributed by atoms with E-state index in [2.05, 4.69) is 16.7 Å². The average Bonchev–Trinajstić information content (AvgIpc) is 2.54. The second-order valence-corrected chi connectivity index (χ2v) is 5.90. The first kappa shape index (κ1) is 17.1. The Kier molecular flexibility index (Phi) is 6.20. The van der Waals surface area contributed by atoms with Crippen LogP contribution in [0, 0.1) is 6.92 Å². The monoisotopic (exact) mass is 315 g/mol. The van der Waals surface area contributed by atoms with Gasteiger partial charge in [0, 0.05) is 17.8 Å². The van der Waals surface area contributed by atoms with E-state index in [4.69, 9.17) is 5.73 Å². The molecule has 23 heavy (non-hydrogen) atoms. The highest BCUT2D eigenvalue weighted by atomic mass is 16.2. The van der Waals surface area contributed by atoms with E-state index in [9.17, 15) is 9.59 Å². The number of benzene rings is 1. The van der Waals surface area contributed by atoms with Crippen molar-refractivity contribution in [1.82, 2.24) is 5.32 Å². The molecule has 1 aliphatic carbocycles. The normalized spacial score (nSPS) is 14.0. The summed E-state index contributed by atoms with van der Waals surface area (Å²) in [5, 5.41) is 5.99. The summed E-state index contributed by atoms with van der Waals surface area (Å²) >= 11 is 0. The maximum absolute atomic E-state index is 11.9. The molecule has 1 aromatic carbocycles. The van der Waals surface area contributed by atoms with E-state index in [-0.39, 0.29) is 12.5 Å². The van der Waals surface area contributed by atoms with Crippen LogP contribution in [0.4, 0.5) is 5.69 Å². The first-order chi connectivity index (χ1) is 11.1. The molecule has 5 heteroatoms. The van der Waals surface area contributed by atoms with Gasteiger partial charge in [0.05, 0.1) is 6.54 Å². The molecule has 0 spiro atoms. The summed E-state index contributed by atoms with van der Waals surface area (Å²) in [5.74, 6) is -0.512. The molecule has 0 aliphatic heterocycles. The lowest BCUT2D eigenvalue weighted by Gasteiger charge is -2.14. The van der Waals surface area contributed by atoms with Crippen molar-refractivity contribution >= 4 is 17.5 Å². The number of hydrogen-bond acceptors (Lipinski definition) is 3. The van der Waals surface area contributed by atoms with Gasteiger partial charge in [0.15, 0.2) is 0 Å². The minimum atomic E-state index is -0.462. The third kappa shape index (κ3) is 5.13. The second kappa shape index (κ2) is 8.36. The lowest BCUT2D eigenvalue weighted by Crippen LogP contribution is -2.31. The van der Waals surface area contributed by atoms with Gasteiger partial charge in [-0.05, 0) is 56.7 Å². The Balaban J connectivity index is 1.77. The van der Waals surface area contributed by atoms with Gasteiger partial charge in [-0.3, -0.25) is 9.59 Å². The van der Waals surface area contributed by atoms with Gasteiger partial charge in [0.25, 0.3) is 0 Å². The zero-order valence-electron chi connectivity index (χ0n) is 13.7. The second-order valence-electron chi connectivity index (χ2n) is 5.90. The third-order valence-corrected chi connectivity index (χ3v) is 4.19. The number of carbonyl (C=O) groups is 2. The highest BCUT2D eigenvalue weighted by Crippen LogP contribution is 2.19. The molecule has 0 radical (unpaired) electrons. The predicted molar refractivity (Wildman–Crippen MR) is 92.4 cm³/mol. The van der Waals surface area contributed by atoms with Crippen LogP contribution in [-0.4, -0.2) is 24.9 Å². The van der Waals surface area contributed by atoms with Crippen molar-refractivity contribution in [2.24, 2.45) is 5.73 Å². The topological polar surface area (TPSA) is 84.2 Å². The Morgan fingerprint density at radius 3 is 2.78 bits per heavy atom. The Morgan fingerprint density at radius 1 is 1.26 bits per heavy atom. The molecule has 2 amide bonds. The van der Waals surface area contributed by atoms with Crippen LogP contribution in [0.15, 0.2) is 29.8 Å². The van der Waals surface area contributed by atoms with Gasteiger partial charge in [-0.15, -0.1) is 0 Å². The summed E-state index contributed by atoms with van der Waals surface area (Å²) in [4.78, 5) is 23.2. The quantitative estimate of drug-likeness (QED) is 0.676. The molecule has 0 unspecified atom stereocenters. The molecular weight excluding hydrogens is 290 g/mol. The summed E-state index contributed by atoms with van der Waals surface area (Å²) in [5.41, 5.74) is 8.77. The average molecular weight is 315 g/mol. The first-order valence-electron chi connectivity index (χ1n) is 8.16. The maximum atomic E-state index is 11.9. The molecule has 0 bridgehead atoms. The summed E-state index contributed by atoms with van der Waals surface area (Å²) in [7, 11) is 0. The van der Waals surface area contributed by atoms with Crippen molar-refractivity contribution in [2.45, 2.75) is 39.0 Å². The maximum Gasteiger partial charge on any atom is 0.249 e. The number of hydrogen-bond donors (Lipinski definition) is 3. The standard InChI is InChI=1S/C18H25N3O2/c1-13-15(18(19)23)8-5-9-16(13)21-12-17(22)20-11-10-14-6-3-2-4-7-14/h5-6,8-9,21H,2-4,7,10-12H2,1H3,(H2,19,23)(H,20,22). The number of amides is 2. The minimum absolute atomic E-state index is 0.0507. The van der Waals surface area contributed by atoms with E-state index >= 15 is 0 Å². The summed E-state index contributed by atoms with van der Waals surface area (Å²) in [6.07, 6.45) is 8.10. The first-order valence-corrected chi connectivity index (χ1v) is 8.16. The number of primary amides is 1. The zero-order valence-corrected chi connectivity index (χ0v) is 13.7. The largest absolute Gasteiger partial charge is 0.376 e. The van der Waals surface area contributed by atoms with E-state index in [1.165, 1.54) is 24.8 Å². The molecule has 2 rings (SSSR count).